The van der Waals surface area contributed by atoms with E-state index in [1.165, 1.54) is 89.9 Å². The highest BCUT2D eigenvalue weighted by Crippen LogP contribution is 2.15. The Bertz CT molecular complexity index is 912. The van der Waals surface area contributed by atoms with Gasteiger partial charge in [0.15, 0.2) is 0 Å². The van der Waals surface area contributed by atoms with Crippen molar-refractivity contribution in [1.29, 1.82) is 0 Å². The third-order valence-electron chi connectivity index (χ3n) is 6.53. The molecule has 0 aliphatic rings. The molecule has 0 unspecified atom stereocenters. The second-order valence-electron chi connectivity index (χ2n) is 9.73. The summed E-state index contributed by atoms with van der Waals surface area (Å²) < 4.78 is 5.02. The van der Waals surface area contributed by atoms with E-state index >= 15 is 0 Å². The van der Waals surface area contributed by atoms with Crippen molar-refractivity contribution < 1.29 is 9.53 Å². The third-order valence-corrected chi connectivity index (χ3v) is 6.78. The molecule has 0 aliphatic carbocycles. The van der Waals surface area contributed by atoms with Crippen molar-refractivity contribution in [3.8, 4) is 11.8 Å². The zero-order chi connectivity index (χ0) is 26.4. The Morgan fingerprint density at radius 3 is 1.78 bits per heavy atom. The largest absolute Gasteiger partial charge is 0.462 e. The lowest BCUT2D eigenvalue weighted by molar-refractivity contribution is 0.0526. The number of carbonyl (C=O) groups excluding carboxylic acids is 1. The number of carbonyl (C=O) groups is 1. The molecule has 2 aromatic carbocycles. The first-order chi connectivity index (χ1) is 18.2. The van der Waals surface area contributed by atoms with Crippen molar-refractivity contribution in [2.45, 2.75) is 103 Å². The van der Waals surface area contributed by atoms with Gasteiger partial charge in [-0.05, 0) is 68.3 Å². The Morgan fingerprint density at radius 2 is 1.24 bits per heavy atom. The van der Waals surface area contributed by atoms with E-state index in [0.29, 0.717) is 12.2 Å². The molecule has 0 aliphatic heterocycles. The van der Waals surface area contributed by atoms with Crippen molar-refractivity contribution in [1.82, 2.24) is 0 Å². The Kier molecular flexibility index (Phi) is 17.1. The topological polar surface area (TPSA) is 38.3 Å². The molecular formula is C33H46ClNO2. The molecule has 0 saturated heterocycles. The Balaban J connectivity index is 1.30. The van der Waals surface area contributed by atoms with Crippen LogP contribution >= 0.6 is 11.6 Å². The van der Waals surface area contributed by atoms with E-state index in [2.05, 4.69) is 17.2 Å². The van der Waals surface area contributed by atoms with Crippen LogP contribution in [0, 0.1) is 11.8 Å². The molecule has 0 heterocycles. The fourth-order valence-corrected chi connectivity index (χ4v) is 4.45. The van der Waals surface area contributed by atoms with Crippen LogP contribution < -0.4 is 5.32 Å². The first-order valence-corrected chi connectivity index (χ1v) is 14.8. The number of hydrogen-bond acceptors (Lipinski definition) is 3. The van der Waals surface area contributed by atoms with Crippen LogP contribution in [-0.2, 0) is 4.74 Å². The maximum absolute atomic E-state index is 11.7. The van der Waals surface area contributed by atoms with Crippen LogP contribution in [-0.4, -0.2) is 19.1 Å². The number of benzene rings is 2. The monoisotopic (exact) mass is 523 g/mol. The standard InChI is InChI=1S/C33H46ClNO2/c1-2-37-33(36)30-22-26-32(27-23-30)35-28-18-16-14-12-10-8-6-4-3-5-7-9-11-13-15-17-19-29-20-24-31(34)25-21-29/h20-27,35H,2-16,18,28H2,1H3. The molecule has 37 heavy (non-hydrogen) atoms. The van der Waals surface area contributed by atoms with Gasteiger partial charge in [0.2, 0.25) is 0 Å². The van der Waals surface area contributed by atoms with Crippen LogP contribution in [0.1, 0.15) is 119 Å². The molecule has 0 aromatic heterocycles. The highest BCUT2D eigenvalue weighted by atomic mass is 35.5. The summed E-state index contributed by atoms with van der Waals surface area (Å²) in [5.74, 6) is 6.23. The minimum atomic E-state index is -0.256. The zero-order valence-corrected chi connectivity index (χ0v) is 23.6. The molecule has 0 amide bonds. The molecule has 0 radical (unpaired) electrons. The molecule has 3 nitrogen and oxygen atoms in total. The van der Waals surface area contributed by atoms with Gasteiger partial charge in [0, 0.05) is 29.2 Å². The average Bonchev–Trinajstić information content (AvgIpc) is 2.91. The minimum absolute atomic E-state index is 0.256. The predicted molar refractivity (Wildman–Crippen MR) is 158 cm³/mol. The van der Waals surface area contributed by atoms with Crippen LogP contribution in [0.3, 0.4) is 0 Å². The molecule has 4 heteroatoms. The summed E-state index contributed by atoms with van der Waals surface area (Å²) in [5, 5.41) is 4.21. The Labute approximate surface area is 230 Å². The first kappa shape index (κ1) is 30.8. The van der Waals surface area contributed by atoms with Gasteiger partial charge in [-0.2, -0.15) is 0 Å². The van der Waals surface area contributed by atoms with Gasteiger partial charge < -0.3 is 10.1 Å². The summed E-state index contributed by atoms with van der Waals surface area (Å²) in [6.07, 6.45) is 19.7. The molecule has 0 atom stereocenters. The summed E-state index contributed by atoms with van der Waals surface area (Å²) in [6, 6.07) is 15.3. The van der Waals surface area contributed by atoms with Crippen LogP contribution in [0.2, 0.25) is 5.02 Å². The highest BCUT2D eigenvalue weighted by molar-refractivity contribution is 6.30. The molecule has 1 N–H and O–H groups in total. The summed E-state index contributed by atoms with van der Waals surface area (Å²) in [5.41, 5.74) is 2.72. The molecule has 0 fully saturated rings. The zero-order valence-electron chi connectivity index (χ0n) is 22.8. The molecule has 0 bridgehead atoms. The van der Waals surface area contributed by atoms with Gasteiger partial charge in [0.1, 0.15) is 0 Å². The quantitative estimate of drug-likeness (QED) is 0.113. The number of esters is 1. The van der Waals surface area contributed by atoms with E-state index in [0.717, 1.165) is 29.2 Å². The fraction of sp³-hybridized carbons (Fsp3) is 0.545. The summed E-state index contributed by atoms with van der Waals surface area (Å²) >= 11 is 5.89. The minimum Gasteiger partial charge on any atom is -0.462 e. The van der Waals surface area contributed by atoms with Gasteiger partial charge in [-0.3, -0.25) is 0 Å². The number of ether oxygens (including phenoxy) is 1. The van der Waals surface area contributed by atoms with Gasteiger partial charge in [-0.25, -0.2) is 4.79 Å². The van der Waals surface area contributed by atoms with Gasteiger partial charge in [-0.15, -0.1) is 0 Å². The number of nitrogens with one attached hydrogen (secondary N) is 1. The van der Waals surface area contributed by atoms with Crippen molar-refractivity contribution in [2.24, 2.45) is 0 Å². The lowest BCUT2D eigenvalue weighted by atomic mass is 10.0. The molecular weight excluding hydrogens is 478 g/mol. The lowest BCUT2D eigenvalue weighted by Crippen LogP contribution is -2.05. The van der Waals surface area contributed by atoms with Crippen molar-refractivity contribution >= 4 is 23.3 Å². The van der Waals surface area contributed by atoms with Crippen LogP contribution in [0.4, 0.5) is 5.69 Å². The van der Waals surface area contributed by atoms with Gasteiger partial charge in [0.05, 0.1) is 12.2 Å². The van der Waals surface area contributed by atoms with Crippen molar-refractivity contribution in [3.05, 3.63) is 64.7 Å². The smallest absolute Gasteiger partial charge is 0.338 e. The maximum Gasteiger partial charge on any atom is 0.338 e. The third kappa shape index (κ3) is 15.4. The fourth-order valence-electron chi connectivity index (χ4n) is 4.33. The summed E-state index contributed by atoms with van der Waals surface area (Å²) in [6.45, 7) is 3.21. The highest BCUT2D eigenvalue weighted by Gasteiger charge is 2.05. The second kappa shape index (κ2) is 20.6. The van der Waals surface area contributed by atoms with Gasteiger partial charge >= 0.3 is 5.97 Å². The second-order valence-corrected chi connectivity index (χ2v) is 10.2. The van der Waals surface area contributed by atoms with E-state index < -0.39 is 0 Å². The van der Waals surface area contributed by atoms with E-state index in [9.17, 15) is 4.79 Å². The lowest BCUT2D eigenvalue weighted by Gasteiger charge is -2.07. The van der Waals surface area contributed by atoms with Crippen LogP contribution in [0.25, 0.3) is 0 Å². The van der Waals surface area contributed by atoms with Gasteiger partial charge in [0.25, 0.3) is 0 Å². The number of unbranched alkanes of at least 4 members (excludes halogenated alkanes) is 14. The Hall–Kier alpha value is -2.44. The number of anilines is 1. The normalized spacial score (nSPS) is 10.5. The predicted octanol–water partition coefficient (Wildman–Crippen LogP) is 9.83. The number of hydrogen-bond donors (Lipinski definition) is 1. The molecule has 0 spiro atoms. The molecule has 2 aromatic rings. The number of rotatable bonds is 19. The first-order valence-electron chi connectivity index (χ1n) is 14.4. The van der Waals surface area contributed by atoms with Crippen LogP contribution in [0.15, 0.2) is 48.5 Å². The van der Waals surface area contributed by atoms with Crippen molar-refractivity contribution in [3.63, 3.8) is 0 Å². The molecule has 2 rings (SSSR count). The van der Waals surface area contributed by atoms with Gasteiger partial charge in [-0.1, -0.05) is 100 Å². The SMILES string of the molecule is CCOC(=O)c1ccc(NCCCCCCCCCCCCCCCCC#Cc2ccc(Cl)cc2)cc1. The molecule has 202 valence electrons. The van der Waals surface area contributed by atoms with E-state index in [1.54, 1.807) is 0 Å². The summed E-state index contributed by atoms with van der Waals surface area (Å²) in [4.78, 5) is 11.7. The van der Waals surface area contributed by atoms with Crippen LogP contribution in [0.5, 0.6) is 0 Å². The van der Waals surface area contributed by atoms with E-state index in [-0.39, 0.29) is 5.97 Å². The summed E-state index contributed by atoms with van der Waals surface area (Å²) in [7, 11) is 0. The number of halogens is 1. The van der Waals surface area contributed by atoms with E-state index in [4.69, 9.17) is 16.3 Å². The Morgan fingerprint density at radius 1 is 0.730 bits per heavy atom. The average molecular weight is 524 g/mol. The molecule has 0 saturated carbocycles. The van der Waals surface area contributed by atoms with E-state index in [1.807, 2.05) is 55.5 Å². The van der Waals surface area contributed by atoms with Crippen molar-refractivity contribution in [2.75, 3.05) is 18.5 Å². The maximum atomic E-state index is 11.7.